The predicted octanol–water partition coefficient (Wildman–Crippen LogP) is 6.47. The third-order valence-electron chi connectivity index (χ3n) is 4.97. The van der Waals surface area contributed by atoms with Gasteiger partial charge in [-0.1, -0.05) is 82.7 Å². The van der Waals surface area contributed by atoms with Crippen molar-refractivity contribution >= 4 is 37.5 Å². The Morgan fingerprint density at radius 1 is 0.654 bits per heavy atom. The molecular weight excluding hydrogens is 388 g/mol. The molecule has 1 heterocycles. The molecule has 1 saturated heterocycles. The largest absolute Gasteiger partial charge is 0.346 e. The van der Waals surface area contributed by atoms with Gasteiger partial charge in [0.1, 0.15) is 0 Å². The highest BCUT2D eigenvalue weighted by Crippen LogP contribution is 2.44. The smallest absolute Gasteiger partial charge is 0.184 e. The summed E-state index contributed by atoms with van der Waals surface area (Å²) in [6.45, 7) is 1.27. The Kier molecular flexibility index (Phi) is 4.01. The van der Waals surface area contributed by atoms with Gasteiger partial charge in [-0.05, 0) is 33.2 Å². The van der Waals surface area contributed by atoms with Gasteiger partial charge in [0.15, 0.2) is 6.29 Å². The van der Waals surface area contributed by atoms with E-state index in [4.69, 9.17) is 9.47 Å². The van der Waals surface area contributed by atoms with Crippen molar-refractivity contribution in [3.05, 3.63) is 82.8 Å². The van der Waals surface area contributed by atoms with E-state index < -0.39 is 0 Å². The maximum atomic E-state index is 5.86. The molecule has 0 unspecified atom stereocenters. The van der Waals surface area contributed by atoms with Crippen LogP contribution in [-0.2, 0) is 9.47 Å². The van der Waals surface area contributed by atoms with E-state index in [2.05, 4.69) is 88.7 Å². The zero-order chi connectivity index (χ0) is 17.5. The van der Waals surface area contributed by atoms with E-state index in [1.165, 1.54) is 32.7 Å². The van der Waals surface area contributed by atoms with Gasteiger partial charge in [0.2, 0.25) is 0 Å². The SMILES string of the molecule is Brc1ccc2ccccc2c1-c1c(C2OCCO2)ccc2ccccc12. The molecule has 0 atom stereocenters. The lowest BCUT2D eigenvalue weighted by atomic mass is 9.90. The van der Waals surface area contributed by atoms with Gasteiger partial charge >= 0.3 is 0 Å². The van der Waals surface area contributed by atoms with Gasteiger partial charge in [-0.3, -0.25) is 0 Å². The lowest BCUT2D eigenvalue weighted by molar-refractivity contribution is -0.0436. The second-order valence-electron chi connectivity index (χ2n) is 6.47. The van der Waals surface area contributed by atoms with Crippen LogP contribution in [0.25, 0.3) is 32.7 Å². The molecule has 0 saturated carbocycles. The average Bonchev–Trinajstić information content (AvgIpc) is 3.22. The molecule has 128 valence electrons. The molecule has 1 aliphatic rings. The molecule has 4 aromatic rings. The second kappa shape index (κ2) is 6.51. The van der Waals surface area contributed by atoms with E-state index in [0.717, 1.165) is 10.0 Å². The van der Waals surface area contributed by atoms with Gasteiger partial charge in [-0.25, -0.2) is 0 Å². The first kappa shape index (κ1) is 16.0. The first-order valence-electron chi connectivity index (χ1n) is 8.75. The highest BCUT2D eigenvalue weighted by molar-refractivity contribution is 9.10. The van der Waals surface area contributed by atoms with E-state index in [9.17, 15) is 0 Å². The Balaban J connectivity index is 1.92. The Morgan fingerprint density at radius 3 is 1.92 bits per heavy atom. The van der Waals surface area contributed by atoms with Gasteiger partial charge in [0.25, 0.3) is 0 Å². The third-order valence-corrected chi connectivity index (χ3v) is 5.63. The van der Waals surface area contributed by atoms with Crippen molar-refractivity contribution in [1.29, 1.82) is 0 Å². The number of ether oxygens (including phenoxy) is 2. The summed E-state index contributed by atoms with van der Waals surface area (Å²) in [4.78, 5) is 0. The van der Waals surface area contributed by atoms with E-state index >= 15 is 0 Å². The first-order valence-corrected chi connectivity index (χ1v) is 9.55. The van der Waals surface area contributed by atoms with Crippen molar-refractivity contribution in [2.45, 2.75) is 6.29 Å². The minimum absolute atomic E-state index is 0.319. The lowest BCUT2D eigenvalue weighted by Gasteiger charge is -2.20. The highest BCUT2D eigenvalue weighted by atomic mass is 79.9. The number of hydrogen-bond acceptors (Lipinski definition) is 2. The van der Waals surface area contributed by atoms with Crippen LogP contribution in [0.2, 0.25) is 0 Å². The Bertz CT molecular complexity index is 1110. The van der Waals surface area contributed by atoms with Gasteiger partial charge < -0.3 is 9.47 Å². The summed E-state index contributed by atoms with van der Waals surface area (Å²) in [7, 11) is 0. The van der Waals surface area contributed by atoms with Crippen LogP contribution in [0.1, 0.15) is 11.9 Å². The third kappa shape index (κ3) is 2.55. The summed E-state index contributed by atoms with van der Waals surface area (Å²) in [5.74, 6) is 0. The lowest BCUT2D eigenvalue weighted by Crippen LogP contribution is -2.02. The van der Waals surface area contributed by atoms with E-state index in [0.29, 0.717) is 13.2 Å². The molecule has 5 rings (SSSR count). The van der Waals surface area contributed by atoms with Crippen molar-refractivity contribution < 1.29 is 9.47 Å². The highest BCUT2D eigenvalue weighted by Gasteiger charge is 2.25. The topological polar surface area (TPSA) is 18.5 Å². The minimum Gasteiger partial charge on any atom is -0.346 e. The summed E-state index contributed by atoms with van der Waals surface area (Å²) < 4.78 is 12.8. The van der Waals surface area contributed by atoms with Crippen molar-refractivity contribution in [2.75, 3.05) is 13.2 Å². The first-order chi connectivity index (χ1) is 12.8. The molecule has 4 aromatic carbocycles. The van der Waals surface area contributed by atoms with E-state index in [1.54, 1.807) is 0 Å². The van der Waals surface area contributed by atoms with Gasteiger partial charge in [0.05, 0.1) is 13.2 Å². The monoisotopic (exact) mass is 404 g/mol. The zero-order valence-electron chi connectivity index (χ0n) is 14.1. The predicted molar refractivity (Wildman–Crippen MR) is 109 cm³/mol. The molecule has 26 heavy (non-hydrogen) atoms. The van der Waals surface area contributed by atoms with Crippen molar-refractivity contribution in [3.8, 4) is 11.1 Å². The van der Waals surface area contributed by atoms with Gasteiger partial charge in [0, 0.05) is 15.6 Å². The summed E-state index contributed by atoms with van der Waals surface area (Å²) >= 11 is 3.80. The number of fused-ring (bicyclic) bond motifs is 2. The van der Waals surface area contributed by atoms with Crippen LogP contribution < -0.4 is 0 Å². The van der Waals surface area contributed by atoms with Crippen LogP contribution >= 0.6 is 15.9 Å². The van der Waals surface area contributed by atoms with Crippen molar-refractivity contribution in [1.82, 2.24) is 0 Å². The summed E-state index contributed by atoms with van der Waals surface area (Å²) in [5, 5.41) is 4.86. The molecule has 0 bridgehead atoms. The van der Waals surface area contributed by atoms with Gasteiger partial charge in [-0.15, -0.1) is 0 Å². The number of hydrogen-bond donors (Lipinski definition) is 0. The number of halogens is 1. The molecule has 0 radical (unpaired) electrons. The van der Waals surface area contributed by atoms with Crippen molar-refractivity contribution in [3.63, 3.8) is 0 Å². The Hall–Kier alpha value is -2.20. The minimum atomic E-state index is -0.319. The number of rotatable bonds is 2. The molecule has 0 aromatic heterocycles. The maximum Gasteiger partial charge on any atom is 0.184 e. The van der Waals surface area contributed by atoms with Crippen LogP contribution in [-0.4, -0.2) is 13.2 Å². The second-order valence-corrected chi connectivity index (χ2v) is 7.32. The summed E-state index contributed by atoms with van der Waals surface area (Å²) in [6.07, 6.45) is -0.319. The quantitative estimate of drug-likeness (QED) is 0.381. The van der Waals surface area contributed by atoms with Crippen LogP contribution in [0.15, 0.2) is 77.3 Å². The fraction of sp³-hybridized carbons (Fsp3) is 0.130. The number of benzene rings is 4. The molecule has 0 N–H and O–H groups in total. The molecule has 0 amide bonds. The molecule has 1 fully saturated rings. The molecular formula is C23H17BrO2. The van der Waals surface area contributed by atoms with Crippen LogP contribution in [0.4, 0.5) is 0 Å². The van der Waals surface area contributed by atoms with E-state index in [-0.39, 0.29) is 6.29 Å². The average molecular weight is 405 g/mol. The molecule has 3 heteroatoms. The maximum absolute atomic E-state index is 5.86. The molecule has 2 nitrogen and oxygen atoms in total. The standard InChI is InChI=1S/C23H17BrO2/c24-20-12-10-16-6-2-4-8-18(16)22(20)21-17-7-3-1-5-15(17)9-11-19(21)23-25-13-14-26-23/h1-12,23H,13-14H2. The van der Waals surface area contributed by atoms with Crippen LogP contribution in [0.5, 0.6) is 0 Å². The molecule has 0 aliphatic carbocycles. The Labute approximate surface area is 160 Å². The van der Waals surface area contributed by atoms with Gasteiger partial charge in [-0.2, -0.15) is 0 Å². The fourth-order valence-electron chi connectivity index (χ4n) is 3.80. The molecule has 0 spiro atoms. The summed E-state index contributed by atoms with van der Waals surface area (Å²) in [5.41, 5.74) is 3.45. The zero-order valence-corrected chi connectivity index (χ0v) is 15.7. The van der Waals surface area contributed by atoms with Crippen molar-refractivity contribution in [2.24, 2.45) is 0 Å². The molecule has 1 aliphatic heterocycles. The Morgan fingerprint density at radius 2 is 1.23 bits per heavy atom. The normalized spacial score (nSPS) is 15.1. The van der Waals surface area contributed by atoms with Crippen LogP contribution in [0, 0.1) is 0 Å². The van der Waals surface area contributed by atoms with Crippen LogP contribution in [0.3, 0.4) is 0 Å². The summed E-state index contributed by atoms with van der Waals surface area (Å²) in [6, 6.07) is 25.6. The fourth-order valence-corrected chi connectivity index (χ4v) is 4.34. The van der Waals surface area contributed by atoms with E-state index in [1.807, 2.05) is 0 Å².